The van der Waals surface area contributed by atoms with Crippen LogP contribution >= 0.6 is 0 Å². The number of benzene rings is 2. The van der Waals surface area contributed by atoms with E-state index in [1.165, 1.54) is 19.3 Å². The molecule has 2 aromatic carbocycles. The average Bonchev–Trinajstić information content (AvgIpc) is 3.20. The topological polar surface area (TPSA) is 109 Å². The van der Waals surface area contributed by atoms with Crippen LogP contribution in [0.15, 0.2) is 48.5 Å². The van der Waals surface area contributed by atoms with E-state index in [0.717, 1.165) is 29.8 Å². The SMILES string of the molecule is CCOC(=O)CNC(=O)Nc1ccc(C2OC(CN3CC4(C)CC3CC(C)(C)C4)C(C)C(c3ccc(CO)cc3)O2)cc1. The number of nitrogens with one attached hydrogen (secondary N) is 2. The number of nitrogens with zero attached hydrogens (tertiary/aromatic N) is 1. The molecule has 43 heavy (non-hydrogen) atoms. The number of ether oxygens (including phenoxy) is 3. The van der Waals surface area contributed by atoms with Crippen molar-refractivity contribution in [1.82, 2.24) is 10.2 Å². The number of amides is 2. The van der Waals surface area contributed by atoms with Gasteiger partial charge in [-0.1, -0.05) is 64.1 Å². The Morgan fingerprint density at radius 1 is 1.02 bits per heavy atom. The molecule has 5 rings (SSSR count). The van der Waals surface area contributed by atoms with E-state index in [1.807, 2.05) is 36.4 Å². The molecular formula is C34H47N3O6. The zero-order valence-corrected chi connectivity index (χ0v) is 26.1. The van der Waals surface area contributed by atoms with Crippen LogP contribution in [0.1, 0.15) is 83.0 Å². The van der Waals surface area contributed by atoms with E-state index in [1.54, 1.807) is 19.1 Å². The number of hydrogen-bond acceptors (Lipinski definition) is 7. The summed E-state index contributed by atoms with van der Waals surface area (Å²) in [6, 6.07) is 15.5. The van der Waals surface area contributed by atoms with Gasteiger partial charge in [0.2, 0.25) is 0 Å². The molecule has 2 amide bonds. The lowest BCUT2D eigenvalue weighted by molar-refractivity contribution is -0.276. The van der Waals surface area contributed by atoms with Crippen molar-refractivity contribution in [2.45, 2.75) is 85.0 Å². The summed E-state index contributed by atoms with van der Waals surface area (Å²) in [4.78, 5) is 26.4. The molecule has 6 atom stereocenters. The van der Waals surface area contributed by atoms with E-state index in [9.17, 15) is 14.7 Å². The van der Waals surface area contributed by atoms with E-state index in [-0.39, 0.29) is 37.9 Å². The highest BCUT2D eigenvalue weighted by Crippen LogP contribution is 2.53. The van der Waals surface area contributed by atoms with Gasteiger partial charge in [0.1, 0.15) is 6.54 Å². The van der Waals surface area contributed by atoms with Gasteiger partial charge in [0, 0.05) is 36.3 Å². The molecule has 3 aliphatic rings. The summed E-state index contributed by atoms with van der Waals surface area (Å²) in [7, 11) is 0. The molecule has 2 saturated heterocycles. The van der Waals surface area contributed by atoms with Crippen molar-refractivity contribution in [3.63, 3.8) is 0 Å². The Labute approximate surface area is 255 Å². The van der Waals surface area contributed by atoms with Crippen molar-refractivity contribution in [3.05, 3.63) is 65.2 Å². The standard InChI is InChI=1S/C34H47N3O6/c1-6-41-29(39)17-35-32(40)36-26-13-11-25(12-14-26)31-42-28(18-37-21-34(5)16-27(37)15-33(3,4)20-34)22(2)30(43-31)24-9-7-23(19-38)8-10-24/h7-14,22,27-28,30-31,38H,6,15-21H2,1-5H3,(H2,35,36,40). The van der Waals surface area contributed by atoms with Gasteiger partial charge in [0.15, 0.2) is 6.29 Å². The van der Waals surface area contributed by atoms with Crippen LogP contribution in [0.3, 0.4) is 0 Å². The van der Waals surface area contributed by atoms with Crippen molar-refractivity contribution >= 4 is 17.7 Å². The Bertz CT molecular complexity index is 1270. The molecule has 1 aliphatic carbocycles. The van der Waals surface area contributed by atoms with Crippen LogP contribution < -0.4 is 10.6 Å². The van der Waals surface area contributed by atoms with Gasteiger partial charge in [-0.2, -0.15) is 0 Å². The van der Waals surface area contributed by atoms with Crippen LogP contribution in [-0.2, 0) is 25.6 Å². The predicted octanol–water partition coefficient (Wildman–Crippen LogP) is 5.56. The number of carbonyl (C=O) groups excluding carboxylic acids is 2. The first kappa shape index (κ1) is 31.4. The van der Waals surface area contributed by atoms with E-state index >= 15 is 0 Å². The van der Waals surface area contributed by atoms with Crippen molar-refractivity contribution in [1.29, 1.82) is 0 Å². The molecule has 1 saturated carbocycles. The number of hydrogen-bond donors (Lipinski definition) is 3. The summed E-state index contributed by atoms with van der Waals surface area (Å²) < 4.78 is 18.2. The second kappa shape index (κ2) is 12.9. The average molecular weight is 594 g/mol. The van der Waals surface area contributed by atoms with Crippen molar-refractivity contribution in [2.75, 3.05) is 31.6 Å². The van der Waals surface area contributed by atoms with Gasteiger partial charge in [0.25, 0.3) is 0 Å². The zero-order chi connectivity index (χ0) is 30.8. The maximum atomic E-state index is 12.2. The first-order valence-corrected chi connectivity index (χ1v) is 15.5. The molecule has 2 aromatic rings. The lowest BCUT2D eigenvalue weighted by atomic mass is 9.65. The summed E-state index contributed by atoms with van der Waals surface area (Å²) in [6.07, 6.45) is 2.89. The number of rotatable bonds is 9. The molecule has 0 spiro atoms. The Morgan fingerprint density at radius 2 is 1.72 bits per heavy atom. The minimum absolute atomic E-state index is 0.00240. The highest BCUT2D eigenvalue weighted by Gasteiger charge is 2.51. The molecule has 2 aliphatic heterocycles. The molecule has 0 radical (unpaired) electrons. The largest absolute Gasteiger partial charge is 0.465 e. The molecule has 3 fully saturated rings. The second-order valence-electron chi connectivity index (χ2n) is 13.7. The lowest BCUT2D eigenvalue weighted by Crippen LogP contribution is -2.46. The highest BCUT2D eigenvalue weighted by atomic mass is 16.7. The van der Waals surface area contributed by atoms with Crippen LogP contribution in [0.5, 0.6) is 0 Å². The summed E-state index contributed by atoms with van der Waals surface area (Å²) in [5.41, 5.74) is 4.06. The van der Waals surface area contributed by atoms with E-state index in [0.29, 0.717) is 22.6 Å². The van der Waals surface area contributed by atoms with Gasteiger partial charge in [0.05, 0.1) is 25.4 Å². The number of likely N-dealkylation sites (tertiary alicyclic amines) is 1. The van der Waals surface area contributed by atoms with Gasteiger partial charge in [-0.05, 0) is 60.3 Å². The number of aliphatic hydroxyl groups is 1. The molecule has 9 heteroatoms. The minimum atomic E-state index is -0.579. The summed E-state index contributed by atoms with van der Waals surface area (Å²) in [6.45, 7) is 13.2. The van der Waals surface area contributed by atoms with Crippen molar-refractivity contribution in [2.24, 2.45) is 16.7 Å². The number of fused-ring (bicyclic) bond motifs is 2. The summed E-state index contributed by atoms with van der Waals surface area (Å²) >= 11 is 0. The minimum Gasteiger partial charge on any atom is -0.465 e. The lowest BCUT2D eigenvalue weighted by Gasteiger charge is -2.43. The molecule has 6 unspecified atom stereocenters. The summed E-state index contributed by atoms with van der Waals surface area (Å²) in [5.74, 6) is -0.374. The molecule has 3 N–H and O–H groups in total. The molecule has 2 heterocycles. The van der Waals surface area contributed by atoms with Crippen LogP contribution in [-0.4, -0.2) is 60.4 Å². The number of aliphatic hydroxyl groups excluding tert-OH is 1. The smallest absolute Gasteiger partial charge is 0.325 e. The number of esters is 1. The van der Waals surface area contributed by atoms with Crippen LogP contribution in [0.2, 0.25) is 0 Å². The Kier molecular flexibility index (Phi) is 9.46. The quantitative estimate of drug-likeness (QED) is 0.327. The van der Waals surface area contributed by atoms with Crippen LogP contribution in [0.25, 0.3) is 0 Å². The second-order valence-corrected chi connectivity index (χ2v) is 13.7. The Balaban J connectivity index is 1.31. The van der Waals surface area contributed by atoms with Gasteiger partial charge < -0.3 is 30.0 Å². The Morgan fingerprint density at radius 3 is 2.40 bits per heavy atom. The van der Waals surface area contributed by atoms with Crippen molar-refractivity contribution < 1.29 is 28.9 Å². The highest BCUT2D eigenvalue weighted by molar-refractivity contribution is 5.91. The fourth-order valence-electron chi connectivity index (χ4n) is 7.61. The fraction of sp³-hybridized carbons (Fsp3) is 0.588. The monoisotopic (exact) mass is 593 g/mol. The normalized spacial score (nSPS) is 30.0. The molecule has 2 bridgehead atoms. The maximum Gasteiger partial charge on any atom is 0.325 e. The summed E-state index contributed by atoms with van der Waals surface area (Å²) in [5, 5.41) is 14.8. The van der Waals surface area contributed by atoms with Crippen LogP contribution in [0.4, 0.5) is 10.5 Å². The van der Waals surface area contributed by atoms with E-state index < -0.39 is 18.3 Å². The van der Waals surface area contributed by atoms with Gasteiger partial charge >= 0.3 is 12.0 Å². The number of anilines is 1. The predicted molar refractivity (Wildman–Crippen MR) is 164 cm³/mol. The van der Waals surface area contributed by atoms with Gasteiger partial charge in [-0.25, -0.2) is 4.79 Å². The van der Waals surface area contributed by atoms with Gasteiger partial charge in [-0.3, -0.25) is 9.69 Å². The van der Waals surface area contributed by atoms with E-state index in [2.05, 4.69) is 43.2 Å². The molecule has 9 nitrogen and oxygen atoms in total. The first-order chi connectivity index (χ1) is 20.5. The Hall–Kier alpha value is -2.98. The maximum absolute atomic E-state index is 12.2. The van der Waals surface area contributed by atoms with Crippen molar-refractivity contribution in [3.8, 4) is 0 Å². The third-order valence-electron chi connectivity index (χ3n) is 9.20. The molecule has 234 valence electrons. The zero-order valence-electron chi connectivity index (χ0n) is 26.1. The van der Waals surface area contributed by atoms with E-state index in [4.69, 9.17) is 14.2 Å². The molecule has 0 aromatic heterocycles. The third kappa shape index (κ3) is 7.58. The van der Waals surface area contributed by atoms with Crippen LogP contribution in [0, 0.1) is 16.7 Å². The molecular weight excluding hydrogens is 546 g/mol. The number of urea groups is 1. The first-order valence-electron chi connectivity index (χ1n) is 15.5. The third-order valence-corrected chi connectivity index (χ3v) is 9.20. The van der Waals surface area contributed by atoms with Gasteiger partial charge in [-0.15, -0.1) is 0 Å². The number of carbonyl (C=O) groups is 2. The fourth-order valence-corrected chi connectivity index (χ4v) is 7.61.